The van der Waals surface area contributed by atoms with Gasteiger partial charge in [-0.05, 0) is 35.9 Å². The third-order valence-electron chi connectivity index (χ3n) is 2.84. The number of aliphatic hydroxyl groups excluding tert-OH is 1. The van der Waals surface area contributed by atoms with Crippen LogP contribution >= 0.6 is 11.6 Å². The van der Waals surface area contributed by atoms with Gasteiger partial charge < -0.3 is 14.6 Å². The third kappa shape index (κ3) is 4.44. The van der Waals surface area contributed by atoms with Gasteiger partial charge in [0.05, 0.1) is 13.2 Å². The fourth-order valence-corrected chi connectivity index (χ4v) is 2.06. The summed E-state index contributed by atoms with van der Waals surface area (Å²) < 4.78 is 10.7. The van der Waals surface area contributed by atoms with E-state index in [2.05, 4.69) is 0 Å². The van der Waals surface area contributed by atoms with Crippen LogP contribution in [-0.4, -0.2) is 24.9 Å². The van der Waals surface area contributed by atoms with E-state index in [9.17, 15) is 5.11 Å². The van der Waals surface area contributed by atoms with Gasteiger partial charge in [-0.1, -0.05) is 29.8 Å². The first kappa shape index (κ1) is 14.7. The molecule has 106 valence electrons. The van der Waals surface area contributed by atoms with E-state index in [0.717, 1.165) is 11.3 Å². The molecule has 0 aliphatic rings. The largest absolute Gasteiger partial charge is 0.497 e. The predicted molar refractivity (Wildman–Crippen MR) is 79.7 cm³/mol. The molecule has 2 aromatic carbocycles. The Labute approximate surface area is 123 Å². The summed E-state index contributed by atoms with van der Waals surface area (Å²) in [5, 5.41) is 10.6. The highest BCUT2D eigenvalue weighted by atomic mass is 35.5. The van der Waals surface area contributed by atoms with Crippen LogP contribution in [0.4, 0.5) is 0 Å². The Hall–Kier alpha value is -1.71. The second kappa shape index (κ2) is 7.17. The second-order valence-electron chi connectivity index (χ2n) is 4.48. The molecule has 0 aromatic heterocycles. The summed E-state index contributed by atoms with van der Waals surface area (Å²) >= 11 is 5.87. The van der Waals surface area contributed by atoms with Crippen LogP contribution in [0.5, 0.6) is 11.5 Å². The van der Waals surface area contributed by atoms with E-state index in [1.165, 1.54) is 0 Å². The van der Waals surface area contributed by atoms with Crippen LogP contribution in [0.25, 0.3) is 0 Å². The van der Waals surface area contributed by atoms with Crippen LogP contribution in [0, 0.1) is 0 Å². The molecule has 0 heterocycles. The molecule has 2 aromatic rings. The topological polar surface area (TPSA) is 38.7 Å². The van der Waals surface area contributed by atoms with Crippen molar-refractivity contribution in [2.24, 2.45) is 0 Å². The fraction of sp³-hybridized carbons (Fsp3) is 0.250. The third-order valence-corrected chi connectivity index (χ3v) is 3.08. The van der Waals surface area contributed by atoms with Gasteiger partial charge in [-0.3, -0.25) is 0 Å². The molecule has 1 atom stereocenters. The molecular formula is C16H17ClO3. The lowest BCUT2D eigenvalue weighted by Crippen LogP contribution is -2.20. The van der Waals surface area contributed by atoms with E-state index < -0.39 is 6.10 Å². The Morgan fingerprint density at radius 1 is 1.10 bits per heavy atom. The first-order valence-corrected chi connectivity index (χ1v) is 6.74. The highest BCUT2D eigenvalue weighted by molar-refractivity contribution is 6.30. The Balaban J connectivity index is 1.87. The van der Waals surface area contributed by atoms with Gasteiger partial charge in [0.1, 0.15) is 18.1 Å². The Morgan fingerprint density at radius 2 is 1.85 bits per heavy atom. The van der Waals surface area contributed by atoms with Crippen LogP contribution in [-0.2, 0) is 6.42 Å². The minimum absolute atomic E-state index is 0.220. The maximum atomic E-state index is 10.00. The molecule has 1 unspecified atom stereocenters. The first-order chi connectivity index (χ1) is 9.67. The van der Waals surface area contributed by atoms with E-state index in [1.807, 2.05) is 36.4 Å². The minimum Gasteiger partial charge on any atom is -0.497 e. The number of halogens is 1. The lowest BCUT2D eigenvalue weighted by molar-refractivity contribution is 0.107. The molecule has 0 saturated carbocycles. The van der Waals surface area contributed by atoms with Crippen molar-refractivity contribution in [3.63, 3.8) is 0 Å². The molecule has 0 bridgehead atoms. The lowest BCUT2D eigenvalue weighted by atomic mass is 10.1. The SMILES string of the molecule is COc1cccc(CC(O)COc2cccc(Cl)c2)c1. The number of hydrogen-bond acceptors (Lipinski definition) is 3. The molecular weight excluding hydrogens is 276 g/mol. The predicted octanol–water partition coefficient (Wildman–Crippen LogP) is 3.33. The van der Waals surface area contributed by atoms with E-state index in [0.29, 0.717) is 17.2 Å². The van der Waals surface area contributed by atoms with Crippen LogP contribution in [0.1, 0.15) is 5.56 Å². The number of rotatable bonds is 6. The highest BCUT2D eigenvalue weighted by Crippen LogP contribution is 2.18. The average molecular weight is 293 g/mol. The summed E-state index contributed by atoms with van der Waals surface area (Å²) in [4.78, 5) is 0. The minimum atomic E-state index is -0.582. The Kier molecular flexibility index (Phi) is 5.27. The maximum absolute atomic E-state index is 10.00. The molecule has 0 aliphatic carbocycles. The van der Waals surface area contributed by atoms with Crippen LogP contribution in [0.3, 0.4) is 0 Å². The number of benzene rings is 2. The Morgan fingerprint density at radius 3 is 2.60 bits per heavy atom. The Bertz CT molecular complexity index is 557. The van der Waals surface area contributed by atoms with Crippen molar-refractivity contribution in [1.29, 1.82) is 0 Å². The van der Waals surface area contributed by atoms with Gasteiger partial charge in [-0.2, -0.15) is 0 Å². The summed E-state index contributed by atoms with van der Waals surface area (Å²) in [6, 6.07) is 14.8. The van der Waals surface area contributed by atoms with Gasteiger partial charge in [0.2, 0.25) is 0 Å². The smallest absolute Gasteiger partial charge is 0.120 e. The fourth-order valence-electron chi connectivity index (χ4n) is 1.88. The average Bonchev–Trinajstić information content (AvgIpc) is 2.45. The monoisotopic (exact) mass is 292 g/mol. The van der Waals surface area contributed by atoms with Gasteiger partial charge >= 0.3 is 0 Å². The maximum Gasteiger partial charge on any atom is 0.120 e. The van der Waals surface area contributed by atoms with Crippen LogP contribution in [0.2, 0.25) is 5.02 Å². The van der Waals surface area contributed by atoms with E-state index in [-0.39, 0.29) is 6.61 Å². The molecule has 3 nitrogen and oxygen atoms in total. The van der Waals surface area contributed by atoms with Crippen LogP contribution < -0.4 is 9.47 Å². The molecule has 0 amide bonds. The molecule has 0 aliphatic heterocycles. The zero-order valence-electron chi connectivity index (χ0n) is 11.3. The zero-order valence-corrected chi connectivity index (χ0v) is 12.0. The number of methoxy groups -OCH3 is 1. The van der Waals surface area contributed by atoms with Gasteiger partial charge in [0.25, 0.3) is 0 Å². The summed E-state index contributed by atoms with van der Waals surface area (Å²) in [5.41, 5.74) is 1.01. The number of aliphatic hydroxyl groups is 1. The first-order valence-electron chi connectivity index (χ1n) is 6.37. The van der Waals surface area contributed by atoms with E-state index in [4.69, 9.17) is 21.1 Å². The lowest BCUT2D eigenvalue weighted by Gasteiger charge is -2.13. The normalized spacial score (nSPS) is 11.9. The second-order valence-corrected chi connectivity index (χ2v) is 4.91. The quantitative estimate of drug-likeness (QED) is 0.887. The van der Waals surface area contributed by atoms with E-state index in [1.54, 1.807) is 19.2 Å². The summed E-state index contributed by atoms with van der Waals surface area (Å²) in [5.74, 6) is 1.44. The molecule has 0 radical (unpaired) electrons. The molecule has 4 heteroatoms. The molecule has 0 saturated heterocycles. The van der Waals surface area contributed by atoms with Crippen molar-refractivity contribution >= 4 is 11.6 Å². The van der Waals surface area contributed by atoms with Crippen molar-refractivity contribution < 1.29 is 14.6 Å². The molecule has 2 rings (SSSR count). The van der Waals surface area contributed by atoms with Crippen molar-refractivity contribution in [3.05, 3.63) is 59.1 Å². The standard InChI is InChI=1S/C16H17ClO3/c1-19-15-6-2-4-12(9-15)8-14(18)11-20-16-7-3-5-13(17)10-16/h2-7,9-10,14,18H,8,11H2,1H3. The van der Waals surface area contributed by atoms with Gasteiger partial charge in [-0.25, -0.2) is 0 Å². The van der Waals surface area contributed by atoms with Crippen molar-refractivity contribution in [1.82, 2.24) is 0 Å². The van der Waals surface area contributed by atoms with Gasteiger partial charge in [0, 0.05) is 11.4 Å². The summed E-state index contributed by atoms with van der Waals surface area (Å²) in [6.07, 6.45) is -0.0707. The van der Waals surface area contributed by atoms with Crippen LogP contribution in [0.15, 0.2) is 48.5 Å². The molecule has 1 N–H and O–H groups in total. The molecule has 20 heavy (non-hydrogen) atoms. The highest BCUT2D eigenvalue weighted by Gasteiger charge is 2.08. The molecule has 0 spiro atoms. The van der Waals surface area contributed by atoms with Gasteiger partial charge in [-0.15, -0.1) is 0 Å². The van der Waals surface area contributed by atoms with Gasteiger partial charge in [0.15, 0.2) is 0 Å². The summed E-state index contributed by atoms with van der Waals surface area (Å²) in [7, 11) is 1.62. The number of ether oxygens (including phenoxy) is 2. The van der Waals surface area contributed by atoms with Crippen molar-refractivity contribution in [2.45, 2.75) is 12.5 Å². The number of hydrogen-bond donors (Lipinski definition) is 1. The van der Waals surface area contributed by atoms with E-state index >= 15 is 0 Å². The van der Waals surface area contributed by atoms with Crippen molar-refractivity contribution in [3.8, 4) is 11.5 Å². The summed E-state index contributed by atoms with van der Waals surface area (Å²) in [6.45, 7) is 0.220. The van der Waals surface area contributed by atoms with Crippen molar-refractivity contribution in [2.75, 3.05) is 13.7 Å². The zero-order chi connectivity index (χ0) is 14.4. The molecule has 0 fully saturated rings.